The van der Waals surface area contributed by atoms with E-state index in [-0.39, 0.29) is 0 Å². The number of rotatable bonds is 0. The molecule has 0 heteroatoms. The van der Waals surface area contributed by atoms with Crippen molar-refractivity contribution < 1.29 is 0 Å². The van der Waals surface area contributed by atoms with Crippen molar-refractivity contribution in [2.75, 3.05) is 0 Å². The van der Waals surface area contributed by atoms with E-state index in [1.54, 1.807) is 0 Å². The largest absolute Gasteiger partial charge is 0.0885 e. The monoisotopic (exact) mass is 173 g/mol. The maximum atomic E-state index is 3.11. The summed E-state index contributed by atoms with van der Waals surface area (Å²) in [7, 11) is 0. The lowest BCUT2D eigenvalue weighted by Crippen LogP contribution is -1.69. The average Bonchev–Trinajstić information content (AvgIpc) is 2.18. The van der Waals surface area contributed by atoms with E-state index in [4.69, 9.17) is 0 Å². The van der Waals surface area contributed by atoms with Crippen molar-refractivity contribution in [3.63, 3.8) is 0 Å². The highest BCUT2D eigenvalue weighted by Gasteiger charge is 1.81. The normalized spacial score (nSPS) is 28.9. The van der Waals surface area contributed by atoms with E-state index in [1.807, 2.05) is 12.2 Å². The lowest BCUT2D eigenvalue weighted by atomic mass is 10.2. The molecule has 69 valence electrons. The molecular formula is C13H17. The van der Waals surface area contributed by atoms with Crippen molar-refractivity contribution in [3.8, 4) is 0 Å². The van der Waals surface area contributed by atoms with E-state index in [0.29, 0.717) is 0 Å². The highest BCUT2D eigenvalue weighted by atomic mass is 13.9. The Hall–Kier alpha value is -1.04. The lowest BCUT2D eigenvalue weighted by molar-refractivity contribution is 0.863. The fourth-order valence-corrected chi connectivity index (χ4v) is 1.21. The van der Waals surface area contributed by atoms with Gasteiger partial charge < -0.3 is 0 Å². The van der Waals surface area contributed by atoms with Crippen molar-refractivity contribution in [3.05, 3.63) is 48.6 Å². The second-order valence-electron chi connectivity index (χ2n) is 3.14. The molecule has 0 aromatic rings. The molecule has 0 bridgehead atoms. The Bertz CT molecular complexity index is 216. The second-order valence-corrected chi connectivity index (χ2v) is 3.14. The first-order chi connectivity index (χ1) is 6.50. The molecule has 0 aliphatic heterocycles. The minimum atomic E-state index is 1.13. The van der Waals surface area contributed by atoms with Gasteiger partial charge in [-0.05, 0) is 38.2 Å². The maximum Gasteiger partial charge on any atom is -0.0187 e. The third-order valence-electron chi connectivity index (χ3n) is 1.95. The molecule has 0 atom stereocenters. The summed E-state index contributed by atoms with van der Waals surface area (Å²) in [6.07, 6.45) is 24.0. The molecule has 13 heavy (non-hydrogen) atoms. The maximum absolute atomic E-state index is 3.11. The molecule has 0 amide bonds. The summed E-state index contributed by atoms with van der Waals surface area (Å²) in [5, 5.41) is 0. The average molecular weight is 173 g/mol. The van der Waals surface area contributed by atoms with E-state index in [0.717, 1.165) is 12.8 Å². The summed E-state index contributed by atoms with van der Waals surface area (Å²) < 4.78 is 0. The Morgan fingerprint density at radius 2 is 1.54 bits per heavy atom. The summed E-state index contributed by atoms with van der Waals surface area (Å²) in [5.41, 5.74) is 0. The van der Waals surface area contributed by atoms with Gasteiger partial charge >= 0.3 is 0 Å². The minimum absolute atomic E-state index is 1.13. The van der Waals surface area contributed by atoms with Crippen LogP contribution in [0.15, 0.2) is 42.5 Å². The van der Waals surface area contributed by atoms with Crippen LogP contribution >= 0.6 is 0 Å². The molecule has 0 heterocycles. The van der Waals surface area contributed by atoms with Gasteiger partial charge in [-0.1, -0.05) is 42.5 Å². The second kappa shape index (κ2) is 7.60. The standard InChI is InChI=1S/C13H17/c1-2-4-6-8-10-12-13-11-9-7-5-3-1/h1-3,7,9-10,12H,4,6,8,11,13H2/b2-1-,5-3?,9-7+,12-10+. The van der Waals surface area contributed by atoms with Gasteiger partial charge in [-0.15, -0.1) is 0 Å². The van der Waals surface area contributed by atoms with Gasteiger partial charge in [0.1, 0.15) is 0 Å². The first-order valence-electron chi connectivity index (χ1n) is 5.04. The molecule has 0 unspecified atom stereocenters. The van der Waals surface area contributed by atoms with Gasteiger partial charge in [0.05, 0.1) is 0 Å². The zero-order valence-corrected chi connectivity index (χ0v) is 8.08. The molecular weight excluding hydrogens is 156 g/mol. The van der Waals surface area contributed by atoms with Crippen LogP contribution in [0.5, 0.6) is 0 Å². The Morgan fingerprint density at radius 1 is 0.769 bits per heavy atom. The van der Waals surface area contributed by atoms with Gasteiger partial charge in [-0.2, -0.15) is 0 Å². The first-order valence-corrected chi connectivity index (χ1v) is 5.04. The molecule has 1 rings (SSSR count). The topological polar surface area (TPSA) is 0 Å². The summed E-state index contributed by atoms with van der Waals surface area (Å²) in [6.45, 7) is 0. The molecule has 0 aromatic carbocycles. The molecule has 0 fully saturated rings. The zero-order chi connectivity index (χ0) is 9.19. The van der Waals surface area contributed by atoms with Crippen molar-refractivity contribution in [1.82, 2.24) is 0 Å². The quantitative estimate of drug-likeness (QED) is 0.486. The molecule has 0 N–H and O–H groups in total. The fourth-order valence-electron chi connectivity index (χ4n) is 1.21. The van der Waals surface area contributed by atoms with Crippen molar-refractivity contribution >= 4 is 0 Å². The van der Waals surface area contributed by atoms with Gasteiger partial charge in [-0.3, -0.25) is 0 Å². The molecule has 0 aromatic heterocycles. The van der Waals surface area contributed by atoms with E-state index >= 15 is 0 Å². The smallest absolute Gasteiger partial charge is 0.0187 e. The molecule has 1 aliphatic carbocycles. The van der Waals surface area contributed by atoms with Gasteiger partial charge in [0.25, 0.3) is 0 Å². The Morgan fingerprint density at radius 3 is 2.54 bits per heavy atom. The summed E-state index contributed by atoms with van der Waals surface area (Å²) >= 11 is 0. The van der Waals surface area contributed by atoms with Crippen LogP contribution in [0.25, 0.3) is 0 Å². The first kappa shape index (κ1) is 10.0. The van der Waals surface area contributed by atoms with Gasteiger partial charge in [0.2, 0.25) is 0 Å². The van der Waals surface area contributed by atoms with Gasteiger partial charge in [0.15, 0.2) is 0 Å². The van der Waals surface area contributed by atoms with Crippen LogP contribution in [-0.2, 0) is 0 Å². The SMILES string of the molecule is [C]1=C/C=C\CCC/C=C/CC/C=C/1. The van der Waals surface area contributed by atoms with Crippen LogP contribution in [0, 0.1) is 6.08 Å². The lowest BCUT2D eigenvalue weighted by Gasteiger charge is -1.89. The summed E-state index contributed by atoms with van der Waals surface area (Å²) in [6, 6.07) is 0. The Labute approximate surface area is 81.4 Å². The zero-order valence-electron chi connectivity index (χ0n) is 8.08. The number of hydrogen-bond donors (Lipinski definition) is 0. The fraction of sp³-hybridized carbons (Fsp3) is 0.385. The third kappa shape index (κ3) is 6.15. The summed E-state index contributed by atoms with van der Waals surface area (Å²) in [4.78, 5) is 0. The third-order valence-corrected chi connectivity index (χ3v) is 1.95. The van der Waals surface area contributed by atoms with Gasteiger partial charge in [-0.25, -0.2) is 0 Å². The molecule has 0 saturated carbocycles. The Kier molecular flexibility index (Phi) is 5.87. The molecule has 0 nitrogen and oxygen atoms in total. The summed E-state index contributed by atoms with van der Waals surface area (Å²) in [5.74, 6) is 0. The molecule has 1 radical (unpaired) electrons. The van der Waals surface area contributed by atoms with Crippen LogP contribution in [-0.4, -0.2) is 0 Å². The van der Waals surface area contributed by atoms with Crippen molar-refractivity contribution in [2.45, 2.75) is 32.1 Å². The minimum Gasteiger partial charge on any atom is -0.0885 e. The van der Waals surface area contributed by atoms with Crippen molar-refractivity contribution in [1.29, 1.82) is 0 Å². The Balaban J connectivity index is 2.38. The van der Waals surface area contributed by atoms with Gasteiger partial charge in [0, 0.05) is 0 Å². The van der Waals surface area contributed by atoms with Crippen LogP contribution in [0.1, 0.15) is 32.1 Å². The van der Waals surface area contributed by atoms with E-state index in [9.17, 15) is 0 Å². The molecule has 0 saturated heterocycles. The van der Waals surface area contributed by atoms with E-state index in [2.05, 4.69) is 36.5 Å². The van der Waals surface area contributed by atoms with Crippen molar-refractivity contribution in [2.24, 2.45) is 0 Å². The highest BCUT2D eigenvalue weighted by Crippen LogP contribution is 2.01. The van der Waals surface area contributed by atoms with Crippen LogP contribution in [0.4, 0.5) is 0 Å². The molecule has 1 aliphatic rings. The van der Waals surface area contributed by atoms with Crippen LogP contribution in [0.2, 0.25) is 0 Å². The predicted octanol–water partition coefficient (Wildman–Crippen LogP) is 3.98. The highest BCUT2D eigenvalue weighted by molar-refractivity contribution is 5.06. The number of hydrogen-bond acceptors (Lipinski definition) is 0. The van der Waals surface area contributed by atoms with Crippen LogP contribution < -0.4 is 0 Å². The van der Waals surface area contributed by atoms with Crippen LogP contribution in [0.3, 0.4) is 0 Å². The number of allylic oxidation sites excluding steroid dienone is 8. The van der Waals surface area contributed by atoms with E-state index in [1.165, 1.54) is 19.3 Å². The predicted molar refractivity (Wildman–Crippen MR) is 58.3 cm³/mol. The molecule has 0 spiro atoms. The van der Waals surface area contributed by atoms with E-state index < -0.39 is 0 Å².